The fourth-order valence-corrected chi connectivity index (χ4v) is 1.83. The molecule has 7 heteroatoms. The van der Waals surface area contributed by atoms with Crippen LogP contribution in [0, 0.1) is 11.6 Å². The van der Waals surface area contributed by atoms with Crippen LogP contribution in [0.3, 0.4) is 0 Å². The third-order valence-corrected chi connectivity index (χ3v) is 3.01. The molecule has 0 aliphatic carbocycles. The number of benzene rings is 1. The molecule has 0 aliphatic rings. The van der Waals surface area contributed by atoms with Gasteiger partial charge in [0.15, 0.2) is 5.82 Å². The molecule has 0 atom stereocenters. The van der Waals surface area contributed by atoms with E-state index in [1.54, 1.807) is 0 Å². The van der Waals surface area contributed by atoms with Crippen LogP contribution in [0.2, 0.25) is 5.02 Å². The molecule has 0 fully saturated rings. The Balaban J connectivity index is 2.10. The standard InChI is InChI=1S/C14H15ClF2N4/c1-2-5-18-14-20-8-11(15)13(21-14)19-7-9-6-10(16)3-4-12(9)17/h3-4,6,8H,2,5,7H2,1H3,(H2,18,19,20,21). The van der Waals surface area contributed by atoms with Gasteiger partial charge in [-0.2, -0.15) is 4.98 Å². The third kappa shape index (κ3) is 4.26. The maximum atomic E-state index is 13.5. The lowest BCUT2D eigenvalue weighted by Crippen LogP contribution is -2.08. The van der Waals surface area contributed by atoms with Gasteiger partial charge in [-0.05, 0) is 24.6 Å². The van der Waals surface area contributed by atoms with E-state index in [4.69, 9.17) is 11.6 Å². The number of rotatable bonds is 6. The van der Waals surface area contributed by atoms with Crippen molar-refractivity contribution < 1.29 is 8.78 Å². The zero-order valence-corrected chi connectivity index (χ0v) is 12.2. The van der Waals surface area contributed by atoms with Gasteiger partial charge in [-0.1, -0.05) is 18.5 Å². The van der Waals surface area contributed by atoms with Crippen LogP contribution in [-0.2, 0) is 6.54 Å². The minimum absolute atomic E-state index is 0.0769. The SMILES string of the molecule is CCCNc1ncc(Cl)c(NCc2cc(F)ccc2F)n1. The quantitative estimate of drug-likeness (QED) is 0.851. The van der Waals surface area contributed by atoms with Crippen LogP contribution in [0.5, 0.6) is 0 Å². The molecule has 21 heavy (non-hydrogen) atoms. The topological polar surface area (TPSA) is 49.8 Å². The number of hydrogen-bond donors (Lipinski definition) is 2. The van der Waals surface area contributed by atoms with Gasteiger partial charge in [-0.15, -0.1) is 0 Å². The highest BCUT2D eigenvalue weighted by Crippen LogP contribution is 2.21. The van der Waals surface area contributed by atoms with E-state index in [0.717, 1.165) is 31.2 Å². The van der Waals surface area contributed by atoms with E-state index in [1.165, 1.54) is 6.20 Å². The first-order valence-electron chi connectivity index (χ1n) is 6.54. The molecule has 0 saturated carbocycles. The Kier molecular flexibility index (Phi) is 5.27. The molecule has 2 rings (SSSR count). The molecule has 0 amide bonds. The molecule has 0 spiro atoms. The number of nitrogens with one attached hydrogen (secondary N) is 2. The first kappa shape index (κ1) is 15.4. The van der Waals surface area contributed by atoms with Gasteiger partial charge < -0.3 is 10.6 Å². The summed E-state index contributed by atoms with van der Waals surface area (Å²) in [7, 11) is 0. The van der Waals surface area contributed by atoms with Gasteiger partial charge >= 0.3 is 0 Å². The predicted molar refractivity (Wildman–Crippen MR) is 79.5 cm³/mol. The number of hydrogen-bond acceptors (Lipinski definition) is 4. The molecule has 112 valence electrons. The van der Waals surface area contributed by atoms with Crippen LogP contribution < -0.4 is 10.6 Å². The van der Waals surface area contributed by atoms with Crippen molar-refractivity contribution in [3.8, 4) is 0 Å². The zero-order valence-electron chi connectivity index (χ0n) is 11.5. The van der Waals surface area contributed by atoms with Crippen LogP contribution in [0.4, 0.5) is 20.5 Å². The Morgan fingerprint density at radius 3 is 2.81 bits per heavy atom. The average molecular weight is 313 g/mol. The van der Waals surface area contributed by atoms with Crippen LogP contribution in [0.15, 0.2) is 24.4 Å². The minimum Gasteiger partial charge on any atom is -0.364 e. The van der Waals surface area contributed by atoms with Gasteiger partial charge in [0, 0.05) is 18.7 Å². The molecular weight excluding hydrogens is 298 g/mol. The lowest BCUT2D eigenvalue weighted by Gasteiger charge is -2.10. The van der Waals surface area contributed by atoms with E-state index >= 15 is 0 Å². The van der Waals surface area contributed by atoms with Crippen molar-refractivity contribution in [2.24, 2.45) is 0 Å². The summed E-state index contributed by atoms with van der Waals surface area (Å²) in [6.07, 6.45) is 2.39. The average Bonchev–Trinajstić information content (AvgIpc) is 2.48. The Hall–Kier alpha value is -1.95. The smallest absolute Gasteiger partial charge is 0.224 e. The molecule has 0 aliphatic heterocycles. The van der Waals surface area contributed by atoms with Gasteiger partial charge in [0.2, 0.25) is 5.95 Å². The lowest BCUT2D eigenvalue weighted by molar-refractivity contribution is 0.587. The van der Waals surface area contributed by atoms with E-state index in [1.807, 2.05) is 6.92 Å². The second kappa shape index (κ2) is 7.17. The van der Waals surface area contributed by atoms with Crippen molar-refractivity contribution in [2.45, 2.75) is 19.9 Å². The summed E-state index contributed by atoms with van der Waals surface area (Å²) < 4.78 is 26.6. The fraction of sp³-hybridized carbons (Fsp3) is 0.286. The fourth-order valence-electron chi connectivity index (χ4n) is 1.67. The summed E-state index contributed by atoms with van der Waals surface area (Å²) >= 11 is 5.98. The molecule has 4 nitrogen and oxygen atoms in total. The third-order valence-electron chi connectivity index (χ3n) is 2.73. The largest absolute Gasteiger partial charge is 0.364 e. The first-order chi connectivity index (χ1) is 10.1. The van der Waals surface area contributed by atoms with Crippen molar-refractivity contribution in [1.29, 1.82) is 0 Å². The molecule has 2 N–H and O–H groups in total. The Morgan fingerprint density at radius 1 is 1.24 bits per heavy atom. The summed E-state index contributed by atoms with van der Waals surface area (Å²) in [4.78, 5) is 8.23. The van der Waals surface area contributed by atoms with Gasteiger partial charge in [-0.3, -0.25) is 0 Å². The Labute approximate surface area is 126 Å². The molecule has 0 bridgehead atoms. The summed E-state index contributed by atoms with van der Waals surface area (Å²) in [5, 5.41) is 6.22. The number of aromatic nitrogens is 2. The van der Waals surface area contributed by atoms with Crippen molar-refractivity contribution in [3.63, 3.8) is 0 Å². The molecule has 0 radical (unpaired) electrons. The highest BCUT2D eigenvalue weighted by atomic mass is 35.5. The number of nitrogens with zero attached hydrogens (tertiary/aromatic N) is 2. The molecule has 0 unspecified atom stereocenters. The monoisotopic (exact) mass is 312 g/mol. The second-order valence-corrected chi connectivity index (χ2v) is 4.81. The Bertz CT molecular complexity index is 622. The van der Waals surface area contributed by atoms with E-state index in [0.29, 0.717) is 16.8 Å². The van der Waals surface area contributed by atoms with E-state index < -0.39 is 11.6 Å². The van der Waals surface area contributed by atoms with Gasteiger partial charge in [0.25, 0.3) is 0 Å². The molecular formula is C14H15ClF2N4. The van der Waals surface area contributed by atoms with Crippen LogP contribution in [-0.4, -0.2) is 16.5 Å². The number of anilines is 2. The minimum atomic E-state index is -0.493. The normalized spacial score (nSPS) is 10.5. The van der Waals surface area contributed by atoms with Crippen molar-refractivity contribution in [1.82, 2.24) is 9.97 Å². The number of halogens is 3. The second-order valence-electron chi connectivity index (χ2n) is 4.41. The molecule has 2 aromatic rings. The molecule has 0 saturated heterocycles. The van der Waals surface area contributed by atoms with Crippen LogP contribution in [0.25, 0.3) is 0 Å². The summed E-state index contributed by atoms with van der Waals surface area (Å²) in [6.45, 7) is 2.84. The highest BCUT2D eigenvalue weighted by molar-refractivity contribution is 6.32. The summed E-state index contributed by atoms with van der Waals surface area (Å²) in [5.74, 6) is -0.178. The van der Waals surface area contributed by atoms with Gasteiger partial charge in [-0.25, -0.2) is 13.8 Å². The van der Waals surface area contributed by atoms with Crippen LogP contribution >= 0.6 is 11.6 Å². The van der Waals surface area contributed by atoms with Crippen molar-refractivity contribution in [2.75, 3.05) is 17.2 Å². The van der Waals surface area contributed by atoms with Crippen LogP contribution in [0.1, 0.15) is 18.9 Å². The predicted octanol–water partition coefficient (Wildman–Crippen LogP) is 3.84. The summed E-state index contributed by atoms with van der Waals surface area (Å²) in [6, 6.07) is 3.29. The molecule has 1 aromatic carbocycles. The highest BCUT2D eigenvalue weighted by Gasteiger charge is 2.08. The van der Waals surface area contributed by atoms with Crippen molar-refractivity contribution >= 4 is 23.4 Å². The maximum absolute atomic E-state index is 13.5. The van der Waals surface area contributed by atoms with E-state index in [9.17, 15) is 8.78 Å². The van der Waals surface area contributed by atoms with E-state index in [2.05, 4.69) is 20.6 Å². The van der Waals surface area contributed by atoms with Gasteiger partial charge in [0.1, 0.15) is 16.7 Å². The van der Waals surface area contributed by atoms with Crippen molar-refractivity contribution in [3.05, 3.63) is 46.6 Å². The zero-order chi connectivity index (χ0) is 15.2. The van der Waals surface area contributed by atoms with E-state index in [-0.39, 0.29) is 12.1 Å². The maximum Gasteiger partial charge on any atom is 0.224 e. The first-order valence-corrected chi connectivity index (χ1v) is 6.92. The molecule has 1 heterocycles. The Morgan fingerprint density at radius 2 is 2.05 bits per heavy atom. The lowest BCUT2D eigenvalue weighted by atomic mass is 10.2. The van der Waals surface area contributed by atoms with Gasteiger partial charge in [0.05, 0.1) is 6.20 Å². The molecule has 1 aromatic heterocycles. The summed E-state index contributed by atoms with van der Waals surface area (Å²) in [5.41, 5.74) is 0.202.